The van der Waals surface area contributed by atoms with Gasteiger partial charge in [-0.25, -0.2) is 9.97 Å². The van der Waals surface area contributed by atoms with E-state index in [0.29, 0.717) is 11.5 Å². The van der Waals surface area contributed by atoms with E-state index in [9.17, 15) is 0 Å². The Morgan fingerprint density at radius 3 is 2.80 bits per heavy atom. The Hall–Kier alpha value is -1.63. The summed E-state index contributed by atoms with van der Waals surface area (Å²) in [4.78, 5) is 10.2. The number of nitrogens with zero attached hydrogens (tertiary/aromatic N) is 4. The van der Waals surface area contributed by atoms with E-state index in [0.717, 1.165) is 12.5 Å². The third kappa shape index (κ3) is 2.07. The topological polar surface area (TPSA) is 52.8 Å². The summed E-state index contributed by atoms with van der Waals surface area (Å²) in [5.74, 6) is 1.47. The molecule has 1 aromatic heterocycles. The summed E-state index contributed by atoms with van der Waals surface area (Å²) >= 11 is 0. The van der Waals surface area contributed by atoms with Crippen LogP contribution in [0.4, 0.5) is 5.82 Å². The predicted molar refractivity (Wildman–Crippen MR) is 57.4 cm³/mol. The van der Waals surface area contributed by atoms with Crippen LogP contribution in [-0.2, 0) is 0 Å². The second-order valence-corrected chi connectivity index (χ2v) is 4.02. The zero-order chi connectivity index (χ0) is 10.7. The maximum absolute atomic E-state index is 8.89. The Morgan fingerprint density at radius 2 is 2.20 bits per heavy atom. The zero-order valence-electron chi connectivity index (χ0n) is 8.85. The van der Waals surface area contributed by atoms with Gasteiger partial charge < -0.3 is 4.90 Å². The van der Waals surface area contributed by atoms with Gasteiger partial charge in [-0.05, 0) is 18.8 Å². The Kier molecular flexibility index (Phi) is 2.82. The van der Waals surface area contributed by atoms with E-state index in [1.54, 1.807) is 12.4 Å². The second kappa shape index (κ2) is 4.26. The highest BCUT2D eigenvalue weighted by Crippen LogP contribution is 2.28. The predicted octanol–water partition coefficient (Wildman–Crippen LogP) is 1.58. The highest BCUT2D eigenvalue weighted by Gasteiger charge is 2.20. The molecule has 78 valence electrons. The summed E-state index contributed by atoms with van der Waals surface area (Å²) in [6.07, 6.45) is 7.12. The first-order valence-corrected chi connectivity index (χ1v) is 5.23. The van der Waals surface area contributed by atoms with Crippen LogP contribution in [0.5, 0.6) is 0 Å². The molecule has 1 aliphatic rings. The molecule has 0 aromatic carbocycles. The minimum absolute atomic E-state index is 0.416. The molecule has 2 rings (SSSR count). The lowest BCUT2D eigenvalue weighted by Gasteiger charge is -2.30. The molecule has 0 unspecified atom stereocenters. The smallest absolute Gasteiger partial charge is 0.183 e. The van der Waals surface area contributed by atoms with Gasteiger partial charge in [0, 0.05) is 26.0 Å². The third-order valence-corrected chi connectivity index (χ3v) is 2.90. The van der Waals surface area contributed by atoms with Gasteiger partial charge in [-0.1, -0.05) is 6.42 Å². The Morgan fingerprint density at radius 1 is 1.47 bits per heavy atom. The lowest BCUT2D eigenvalue weighted by atomic mass is 9.85. The first-order chi connectivity index (χ1) is 7.31. The van der Waals surface area contributed by atoms with Gasteiger partial charge in [0.2, 0.25) is 0 Å². The molecule has 0 atom stereocenters. The lowest BCUT2D eigenvalue weighted by Crippen LogP contribution is -2.30. The van der Waals surface area contributed by atoms with Crippen LogP contribution >= 0.6 is 0 Å². The first kappa shape index (κ1) is 9.91. The largest absolute Gasteiger partial charge is 0.357 e. The van der Waals surface area contributed by atoms with Crippen LogP contribution in [0.1, 0.15) is 25.0 Å². The fourth-order valence-electron chi connectivity index (χ4n) is 1.84. The summed E-state index contributed by atoms with van der Waals surface area (Å²) in [7, 11) is 1.98. The van der Waals surface area contributed by atoms with Crippen LogP contribution in [0.25, 0.3) is 0 Å². The molecular weight excluding hydrogens is 188 g/mol. The van der Waals surface area contributed by atoms with Crippen molar-refractivity contribution < 1.29 is 0 Å². The van der Waals surface area contributed by atoms with Gasteiger partial charge in [0.1, 0.15) is 6.07 Å². The van der Waals surface area contributed by atoms with Crippen LogP contribution in [-0.4, -0.2) is 23.6 Å². The number of hydrogen-bond donors (Lipinski definition) is 0. The molecule has 0 amide bonds. The van der Waals surface area contributed by atoms with Crippen molar-refractivity contribution in [2.24, 2.45) is 5.92 Å². The van der Waals surface area contributed by atoms with E-state index in [2.05, 4.69) is 16.0 Å². The summed E-state index contributed by atoms with van der Waals surface area (Å²) < 4.78 is 0. The van der Waals surface area contributed by atoms with Crippen LogP contribution in [0.2, 0.25) is 0 Å². The van der Waals surface area contributed by atoms with Crippen LogP contribution in [0, 0.1) is 17.2 Å². The highest BCUT2D eigenvalue weighted by atomic mass is 15.2. The van der Waals surface area contributed by atoms with Crippen LogP contribution < -0.4 is 4.90 Å². The molecule has 0 bridgehead atoms. The van der Waals surface area contributed by atoms with Gasteiger partial charge in [-0.15, -0.1) is 0 Å². The SMILES string of the molecule is CN(CC1CCC1)c1nccnc1C#N. The van der Waals surface area contributed by atoms with Gasteiger partial charge in [0.25, 0.3) is 0 Å². The van der Waals surface area contributed by atoms with Gasteiger partial charge in [0.15, 0.2) is 11.5 Å². The minimum atomic E-state index is 0.416. The molecule has 1 aliphatic carbocycles. The first-order valence-electron chi connectivity index (χ1n) is 5.23. The molecule has 0 aliphatic heterocycles. The molecule has 4 heteroatoms. The average molecular weight is 202 g/mol. The van der Waals surface area contributed by atoms with Crippen LogP contribution in [0.15, 0.2) is 12.4 Å². The number of anilines is 1. The third-order valence-electron chi connectivity index (χ3n) is 2.90. The number of nitriles is 1. The van der Waals surface area contributed by atoms with Crippen molar-refractivity contribution in [3.8, 4) is 6.07 Å². The fourth-order valence-corrected chi connectivity index (χ4v) is 1.84. The molecule has 1 aromatic rings. The van der Waals surface area contributed by atoms with Gasteiger partial charge in [-0.2, -0.15) is 5.26 Å². The van der Waals surface area contributed by atoms with E-state index in [4.69, 9.17) is 5.26 Å². The lowest BCUT2D eigenvalue weighted by molar-refractivity contribution is 0.321. The van der Waals surface area contributed by atoms with Gasteiger partial charge >= 0.3 is 0 Å². The Bertz CT molecular complexity index is 378. The molecule has 0 N–H and O–H groups in total. The molecule has 1 heterocycles. The number of rotatable bonds is 3. The van der Waals surface area contributed by atoms with Gasteiger partial charge in [-0.3, -0.25) is 0 Å². The zero-order valence-corrected chi connectivity index (χ0v) is 8.85. The Labute approximate surface area is 89.6 Å². The summed E-state index contributed by atoms with van der Waals surface area (Å²) in [6, 6.07) is 2.07. The Balaban J connectivity index is 2.10. The second-order valence-electron chi connectivity index (χ2n) is 4.02. The molecule has 1 saturated carbocycles. The van der Waals surface area contributed by atoms with E-state index >= 15 is 0 Å². The van der Waals surface area contributed by atoms with Crippen molar-refractivity contribution in [2.75, 3.05) is 18.5 Å². The fraction of sp³-hybridized carbons (Fsp3) is 0.545. The highest BCUT2D eigenvalue weighted by molar-refractivity contribution is 5.48. The van der Waals surface area contributed by atoms with Gasteiger partial charge in [0.05, 0.1) is 0 Å². The van der Waals surface area contributed by atoms with Crippen molar-refractivity contribution in [1.82, 2.24) is 9.97 Å². The quantitative estimate of drug-likeness (QED) is 0.746. The molecular formula is C11H14N4. The van der Waals surface area contributed by atoms with Crippen molar-refractivity contribution in [3.05, 3.63) is 18.1 Å². The molecule has 0 spiro atoms. The maximum Gasteiger partial charge on any atom is 0.183 e. The number of aromatic nitrogens is 2. The molecule has 4 nitrogen and oxygen atoms in total. The van der Waals surface area contributed by atoms with E-state index < -0.39 is 0 Å². The summed E-state index contributed by atoms with van der Waals surface area (Å²) in [5, 5.41) is 8.89. The summed E-state index contributed by atoms with van der Waals surface area (Å²) in [5.41, 5.74) is 0.416. The average Bonchev–Trinajstić information content (AvgIpc) is 2.23. The monoisotopic (exact) mass is 202 g/mol. The standard InChI is InChI=1S/C11H14N4/c1-15(8-9-3-2-4-9)11-10(7-12)13-5-6-14-11/h5-6,9H,2-4,8H2,1H3. The minimum Gasteiger partial charge on any atom is -0.357 e. The molecule has 1 fully saturated rings. The molecule has 0 saturated heterocycles. The van der Waals surface area contributed by atoms with E-state index in [-0.39, 0.29) is 0 Å². The molecule has 0 radical (unpaired) electrons. The van der Waals surface area contributed by atoms with Crippen molar-refractivity contribution in [2.45, 2.75) is 19.3 Å². The maximum atomic E-state index is 8.89. The van der Waals surface area contributed by atoms with E-state index in [1.807, 2.05) is 11.9 Å². The van der Waals surface area contributed by atoms with Crippen molar-refractivity contribution in [3.63, 3.8) is 0 Å². The summed E-state index contributed by atoms with van der Waals surface area (Å²) in [6.45, 7) is 0.980. The normalized spacial score (nSPS) is 15.5. The van der Waals surface area contributed by atoms with Crippen molar-refractivity contribution in [1.29, 1.82) is 5.26 Å². The number of hydrogen-bond acceptors (Lipinski definition) is 4. The molecule has 15 heavy (non-hydrogen) atoms. The van der Waals surface area contributed by atoms with Crippen LogP contribution in [0.3, 0.4) is 0 Å². The van der Waals surface area contributed by atoms with E-state index in [1.165, 1.54) is 19.3 Å². The van der Waals surface area contributed by atoms with Crippen molar-refractivity contribution >= 4 is 5.82 Å².